The van der Waals surface area contributed by atoms with Crippen LogP contribution in [0.15, 0.2) is 42.6 Å². The molecule has 2 fully saturated rings. The molecule has 2 aliphatic carbocycles. The van der Waals surface area contributed by atoms with Gasteiger partial charge in [0, 0.05) is 28.4 Å². The summed E-state index contributed by atoms with van der Waals surface area (Å²) >= 11 is 0. The summed E-state index contributed by atoms with van der Waals surface area (Å²) in [4.78, 5) is 20.4. The minimum absolute atomic E-state index is 0.0307. The van der Waals surface area contributed by atoms with Crippen molar-refractivity contribution < 1.29 is 13.9 Å². The van der Waals surface area contributed by atoms with Crippen LogP contribution in [-0.2, 0) is 4.79 Å². The number of H-pyrrole nitrogens is 1. The lowest BCUT2D eigenvalue weighted by Crippen LogP contribution is -2.29. The maximum Gasteiger partial charge on any atom is 0.224 e. The highest BCUT2D eigenvalue weighted by Crippen LogP contribution is 2.48. The van der Waals surface area contributed by atoms with E-state index in [-0.39, 0.29) is 29.6 Å². The molecule has 2 heterocycles. The Labute approximate surface area is 168 Å². The van der Waals surface area contributed by atoms with Gasteiger partial charge in [-0.2, -0.15) is 0 Å². The van der Waals surface area contributed by atoms with Crippen LogP contribution in [0.25, 0.3) is 10.9 Å². The number of nitrogens with zero attached hydrogens (tertiary/aromatic N) is 1. The topological polar surface area (TPSA) is 67.0 Å². The first-order chi connectivity index (χ1) is 14.1. The van der Waals surface area contributed by atoms with E-state index in [9.17, 15) is 9.18 Å². The second kappa shape index (κ2) is 7.17. The molecule has 1 aromatic carbocycles. The molecule has 2 N–H and O–H groups in total. The van der Waals surface area contributed by atoms with Crippen molar-refractivity contribution in [2.45, 2.75) is 38.1 Å². The van der Waals surface area contributed by atoms with Crippen LogP contribution in [0.2, 0.25) is 0 Å². The van der Waals surface area contributed by atoms with E-state index in [4.69, 9.17) is 4.74 Å². The molecule has 2 aliphatic rings. The fraction of sp³-hybridized carbons (Fsp3) is 0.391. The number of aromatic amines is 1. The Morgan fingerprint density at radius 1 is 1.31 bits per heavy atom. The maximum atomic E-state index is 13.4. The third kappa shape index (κ3) is 3.97. The predicted molar refractivity (Wildman–Crippen MR) is 108 cm³/mol. The lowest BCUT2D eigenvalue weighted by molar-refractivity contribution is -0.123. The van der Waals surface area contributed by atoms with E-state index < -0.39 is 0 Å². The second-order valence-corrected chi connectivity index (χ2v) is 8.31. The van der Waals surface area contributed by atoms with Crippen molar-refractivity contribution in [1.82, 2.24) is 15.3 Å². The molecule has 0 aliphatic heterocycles. The minimum atomic E-state index is -0.251. The summed E-state index contributed by atoms with van der Waals surface area (Å²) < 4.78 is 19.1. The van der Waals surface area contributed by atoms with Gasteiger partial charge >= 0.3 is 0 Å². The molecule has 2 aromatic heterocycles. The monoisotopic (exact) mass is 393 g/mol. The summed E-state index contributed by atoms with van der Waals surface area (Å²) in [6, 6.07) is 10.3. The van der Waals surface area contributed by atoms with Crippen molar-refractivity contribution in [3.63, 3.8) is 0 Å². The molecule has 29 heavy (non-hydrogen) atoms. The molecule has 2 saturated carbocycles. The molecule has 0 saturated heterocycles. The van der Waals surface area contributed by atoms with Crippen LogP contribution in [0, 0.1) is 17.7 Å². The van der Waals surface area contributed by atoms with E-state index in [1.165, 1.54) is 25.0 Å². The zero-order valence-corrected chi connectivity index (χ0v) is 16.3. The van der Waals surface area contributed by atoms with E-state index in [1.807, 2.05) is 25.1 Å². The summed E-state index contributed by atoms with van der Waals surface area (Å²) in [6.45, 7) is 2.70. The molecule has 1 amide bonds. The fourth-order valence-electron chi connectivity index (χ4n) is 3.78. The van der Waals surface area contributed by atoms with Crippen molar-refractivity contribution in [3.8, 4) is 5.75 Å². The third-order valence-electron chi connectivity index (χ3n) is 5.87. The summed E-state index contributed by atoms with van der Waals surface area (Å²) in [5.41, 5.74) is 2.71. The largest absolute Gasteiger partial charge is 0.492 e. The van der Waals surface area contributed by atoms with Crippen LogP contribution >= 0.6 is 0 Å². The van der Waals surface area contributed by atoms with E-state index in [0.717, 1.165) is 41.1 Å². The number of hydrogen-bond donors (Lipinski definition) is 2. The highest BCUT2D eigenvalue weighted by Gasteiger charge is 2.45. The highest BCUT2D eigenvalue weighted by molar-refractivity contribution is 5.85. The van der Waals surface area contributed by atoms with E-state index in [2.05, 4.69) is 15.3 Å². The zero-order valence-electron chi connectivity index (χ0n) is 16.3. The van der Waals surface area contributed by atoms with Crippen molar-refractivity contribution in [3.05, 3.63) is 59.8 Å². The Balaban J connectivity index is 1.18. The first-order valence-electron chi connectivity index (χ1n) is 10.2. The van der Waals surface area contributed by atoms with Gasteiger partial charge in [-0.15, -0.1) is 0 Å². The second-order valence-electron chi connectivity index (χ2n) is 8.31. The van der Waals surface area contributed by atoms with Gasteiger partial charge in [-0.05, 0) is 68.5 Å². The van der Waals surface area contributed by atoms with Crippen LogP contribution in [0.4, 0.5) is 4.39 Å². The average Bonchev–Trinajstić information content (AvgIpc) is 3.63. The smallest absolute Gasteiger partial charge is 0.224 e. The van der Waals surface area contributed by atoms with Gasteiger partial charge in [0.1, 0.15) is 11.6 Å². The van der Waals surface area contributed by atoms with Crippen LogP contribution in [0.1, 0.15) is 49.5 Å². The summed E-state index contributed by atoms with van der Waals surface area (Å²) in [5.74, 6) is 1.36. The SMILES string of the molecule is C[C@@H](NC(=O)C1CC1c1cc2cc(F)ccc2[nH]1)c1ccc(OCC2CC2)cn1. The number of ether oxygens (including phenoxy) is 1. The number of carbonyl (C=O) groups excluding carboxylic acids is 1. The fourth-order valence-corrected chi connectivity index (χ4v) is 3.78. The van der Waals surface area contributed by atoms with Gasteiger partial charge in [0.15, 0.2) is 0 Å². The van der Waals surface area contributed by atoms with Crippen LogP contribution < -0.4 is 10.1 Å². The molecular weight excluding hydrogens is 369 g/mol. The van der Waals surface area contributed by atoms with Gasteiger partial charge in [0.05, 0.1) is 24.5 Å². The van der Waals surface area contributed by atoms with Crippen LogP contribution in [0.3, 0.4) is 0 Å². The quantitative estimate of drug-likeness (QED) is 0.622. The molecular formula is C23H24FN3O2. The lowest BCUT2D eigenvalue weighted by atomic mass is 10.1. The zero-order chi connectivity index (χ0) is 20.0. The van der Waals surface area contributed by atoms with Gasteiger partial charge in [-0.3, -0.25) is 9.78 Å². The van der Waals surface area contributed by atoms with Crippen LogP contribution in [0.5, 0.6) is 5.75 Å². The molecule has 0 spiro atoms. The number of fused-ring (bicyclic) bond motifs is 1. The number of benzene rings is 1. The Hall–Kier alpha value is -2.89. The Morgan fingerprint density at radius 2 is 2.17 bits per heavy atom. The molecule has 0 radical (unpaired) electrons. The summed E-state index contributed by atoms with van der Waals surface area (Å²) in [7, 11) is 0. The van der Waals surface area contributed by atoms with Crippen molar-refractivity contribution in [2.24, 2.45) is 11.8 Å². The number of aromatic nitrogens is 2. The van der Waals surface area contributed by atoms with Gasteiger partial charge in [-0.1, -0.05) is 0 Å². The molecule has 0 bridgehead atoms. The number of amides is 1. The first-order valence-corrected chi connectivity index (χ1v) is 10.2. The Morgan fingerprint density at radius 3 is 2.93 bits per heavy atom. The van der Waals surface area contributed by atoms with Crippen LogP contribution in [-0.4, -0.2) is 22.5 Å². The molecule has 3 aromatic rings. The van der Waals surface area contributed by atoms with Crippen molar-refractivity contribution in [2.75, 3.05) is 6.61 Å². The predicted octanol–water partition coefficient (Wildman–Crippen LogP) is 4.47. The molecule has 150 valence electrons. The van der Waals surface area contributed by atoms with Gasteiger partial charge in [-0.25, -0.2) is 4.39 Å². The van der Waals surface area contributed by atoms with Crippen molar-refractivity contribution >= 4 is 16.8 Å². The normalized spacial score (nSPS) is 21.7. The number of nitrogens with one attached hydrogen (secondary N) is 2. The molecule has 3 atom stereocenters. The van der Waals surface area contributed by atoms with Gasteiger partial charge < -0.3 is 15.0 Å². The lowest BCUT2D eigenvalue weighted by Gasteiger charge is -2.14. The van der Waals surface area contributed by atoms with Crippen molar-refractivity contribution in [1.29, 1.82) is 0 Å². The minimum Gasteiger partial charge on any atom is -0.492 e. The van der Waals surface area contributed by atoms with E-state index in [0.29, 0.717) is 5.92 Å². The standard InChI is InChI=1S/C23H24FN3O2/c1-13(20-7-5-17(11-25-20)29-12-14-2-3-14)26-23(28)19-10-18(19)22-9-15-8-16(24)4-6-21(15)27-22/h4-9,11,13-14,18-19,27H,2-3,10,12H2,1H3,(H,26,28)/t13-,18?,19?/m1/s1. The van der Waals surface area contributed by atoms with E-state index >= 15 is 0 Å². The summed E-state index contributed by atoms with van der Waals surface area (Å²) in [5, 5.41) is 3.90. The number of pyridine rings is 1. The van der Waals surface area contributed by atoms with Gasteiger partial charge in [0.25, 0.3) is 0 Å². The maximum absolute atomic E-state index is 13.4. The Bertz CT molecular complexity index is 1040. The Kier molecular flexibility index (Phi) is 4.49. The number of halogens is 1. The molecule has 5 nitrogen and oxygen atoms in total. The van der Waals surface area contributed by atoms with Gasteiger partial charge in [0.2, 0.25) is 5.91 Å². The highest BCUT2D eigenvalue weighted by atomic mass is 19.1. The first kappa shape index (κ1) is 18.2. The number of carbonyl (C=O) groups is 1. The number of hydrogen-bond acceptors (Lipinski definition) is 3. The number of rotatable bonds is 7. The van der Waals surface area contributed by atoms with E-state index in [1.54, 1.807) is 12.3 Å². The average molecular weight is 393 g/mol. The summed E-state index contributed by atoms with van der Waals surface area (Å²) in [6.07, 6.45) is 5.04. The molecule has 5 rings (SSSR count). The molecule has 2 unspecified atom stereocenters. The third-order valence-corrected chi connectivity index (χ3v) is 5.87. The molecule has 6 heteroatoms.